The number of hydrogen-bond acceptors (Lipinski definition) is 4. The standard InChI is InChI=1S/C17H24N2O4/c1-4-9-18(10-8-16(20)21)13-6-7-14-15(11-13)23-12(3)17(22)19(14)5-2/h6-7,11-12H,4-5,8-10H2,1-3H3,(H,20,21). The molecular weight excluding hydrogens is 296 g/mol. The second kappa shape index (κ2) is 7.35. The van der Waals surface area contributed by atoms with Crippen LogP contribution in [0.2, 0.25) is 0 Å². The third-order valence-electron chi connectivity index (χ3n) is 3.92. The monoisotopic (exact) mass is 320 g/mol. The molecule has 1 amide bonds. The minimum atomic E-state index is -0.809. The van der Waals surface area contributed by atoms with Crippen LogP contribution in [0.1, 0.15) is 33.6 Å². The number of fused-ring (bicyclic) bond motifs is 1. The summed E-state index contributed by atoms with van der Waals surface area (Å²) in [4.78, 5) is 26.7. The summed E-state index contributed by atoms with van der Waals surface area (Å²) < 4.78 is 5.74. The SMILES string of the molecule is CCCN(CCC(=O)O)c1ccc2c(c1)OC(C)C(=O)N2CC. The molecule has 0 aliphatic carbocycles. The van der Waals surface area contributed by atoms with Crippen LogP contribution in [0.5, 0.6) is 5.75 Å². The van der Waals surface area contributed by atoms with Gasteiger partial charge in [-0.1, -0.05) is 6.92 Å². The summed E-state index contributed by atoms with van der Waals surface area (Å²) in [6.45, 7) is 7.56. The fraction of sp³-hybridized carbons (Fsp3) is 0.529. The Morgan fingerprint density at radius 1 is 1.35 bits per heavy atom. The second-order valence-corrected chi connectivity index (χ2v) is 5.63. The number of carboxylic acids is 1. The Balaban J connectivity index is 2.29. The Labute approximate surface area is 136 Å². The molecule has 1 atom stereocenters. The lowest BCUT2D eigenvalue weighted by Crippen LogP contribution is -2.44. The number of benzene rings is 1. The van der Waals surface area contributed by atoms with Crippen LogP contribution < -0.4 is 14.5 Å². The van der Waals surface area contributed by atoms with Crippen LogP contribution in [0.15, 0.2) is 18.2 Å². The first-order chi connectivity index (χ1) is 11.0. The van der Waals surface area contributed by atoms with Crippen LogP contribution in [0, 0.1) is 0 Å². The number of aliphatic carboxylic acids is 1. The Hall–Kier alpha value is -2.24. The van der Waals surface area contributed by atoms with Gasteiger partial charge in [-0.3, -0.25) is 9.59 Å². The molecule has 2 rings (SSSR count). The maximum absolute atomic E-state index is 12.1. The van der Waals surface area contributed by atoms with Crippen molar-refractivity contribution >= 4 is 23.3 Å². The van der Waals surface area contributed by atoms with Crippen LogP contribution in [-0.2, 0) is 9.59 Å². The average Bonchev–Trinajstić information content (AvgIpc) is 2.52. The van der Waals surface area contributed by atoms with Crippen LogP contribution >= 0.6 is 0 Å². The van der Waals surface area contributed by atoms with Crippen molar-refractivity contribution in [3.8, 4) is 5.75 Å². The molecule has 6 nitrogen and oxygen atoms in total. The van der Waals surface area contributed by atoms with Gasteiger partial charge >= 0.3 is 5.97 Å². The van der Waals surface area contributed by atoms with Gasteiger partial charge in [0.2, 0.25) is 0 Å². The molecule has 1 aliphatic rings. The van der Waals surface area contributed by atoms with Gasteiger partial charge in [-0.2, -0.15) is 0 Å². The molecule has 23 heavy (non-hydrogen) atoms. The minimum Gasteiger partial charge on any atom is -0.481 e. The molecule has 1 heterocycles. The Bertz CT molecular complexity index is 588. The number of carboxylic acid groups (broad SMARTS) is 1. The quantitative estimate of drug-likeness (QED) is 0.836. The van der Waals surface area contributed by atoms with Crippen LogP contribution in [0.25, 0.3) is 0 Å². The predicted molar refractivity (Wildman–Crippen MR) is 89.3 cm³/mol. The number of hydrogen-bond donors (Lipinski definition) is 1. The zero-order valence-electron chi connectivity index (χ0n) is 13.9. The van der Waals surface area contributed by atoms with Gasteiger partial charge in [-0.15, -0.1) is 0 Å². The molecule has 0 fully saturated rings. The molecule has 0 bridgehead atoms. The Kier molecular flexibility index (Phi) is 5.47. The highest BCUT2D eigenvalue weighted by atomic mass is 16.5. The molecule has 0 radical (unpaired) electrons. The van der Waals surface area contributed by atoms with Crippen molar-refractivity contribution in [2.75, 3.05) is 29.4 Å². The summed E-state index contributed by atoms with van der Waals surface area (Å²) in [5.74, 6) is -0.173. The number of carbonyl (C=O) groups excluding carboxylic acids is 1. The van der Waals surface area contributed by atoms with E-state index in [0.717, 1.165) is 24.3 Å². The number of rotatable bonds is 7. The molecule has 0 saturated carbocycles. The van der Waals surface area contributed by atoms with Crippen molar-refractivity contribution in [2.45, 2.75) is 39.7 Å². The van der Waals surface area contributed by atoms with E-state index in [-0.39, 0.29) is 12.3 Å². The molecule has 126 valence electrons. The number of likely N-dealkylation sites (N-methyl/N-ethyl adjacent to an activating group) is 1. The first-order valence-electron chi connectivity index (χ1n) is 8.06. The fourth-order valence-corrected chi connectivity index (χ4v) is 2.79. The first-order valence-corrected chi connectivity index (χ1v) is 8.06. The molecular formula is C17H24N2O4. The van der Waals surface area contributed by atoms with Gasteiger partial charge in [0.15, 0.2) is 6.10 Å². The van der Waals surface area contributed by atoms with Gasteiger partial charge in [-0.25, -0.2) is 0 Å². The molecule has 1 N–H and O–H groups in total. The number of nitrogens with zero attached hydrogens (tertiary/aromatic N) is 2. The Morgan fingerprint density at radius 2 is 2.09 bits per heavy atom. The van der Waals surface area contributed by atoms with Gasteiger partial charge in [0.05, 0.1) is 12.1 Å². The highest BCUT2D eigenvalue weighted by molar-refractivity contribution is 6.00. The number of carbonyl (C=O) groups is 2. The summed E-state index contributed by atoms with van der Waals surface area (Å²) in [5.41, 5.74) is 1.69. The van der Waals surface area contributed by atoms with Crippen molar-refractivity contribution in [1.29, 1.82) is 0 Å². The normalized spacial score (nSPS) is 16.7. The number of ether oxygens (including phenoxy) is 1. The lowest BCUT2D eigenvalue weighted by Gasteiger charge is -2.33. The third kappa shape index (κ3) is 3.75. The minimum absolute atomic E-state index is 0.0379. The summed E-state index contributed by atoms with van der Waals surface area (Å²) in [7, 11) is 0. The second-order valence-electron chi connectivity index (χ2n) is 5.63. The molecule has 0 aromatic heterocycles. The van der Waals surface area contributed by atoms with E-state index >= 15 is 0 Å². The van der Waals surface area contributed by atoms with Crippen LogP contribution in [0.4, 0.5) is 11.4 Å². The van der Waals surface area contributed by atoms with Crippen LogP contribution in [-0.4, -0.2) is 42.7 Å². The zero-order chi connectivity index (χ0) is 17.0. The Morgan fingerprint density at radius 3 is 2.70 bits per heavy atom. The lowest BCUT2D eigenvalue weighted by molar-refractivity contribution is -0.136. The summed E-state index contributed by atoms with van der Waals surface area (Å²) in [6, 6.07) is 5.70. The number of anilines is 2. The third-order valence-corrected chi connectivity index (χ3v) is 3.92. The fourth-order valence-electron chi connectivity index (χ4n) is 2.79. The van der Waals surface area contributed by atoms with Crippen molar-refractivity contribution in [3.05, 3.63) is 18.2 Å². The first kappa shape index (κ1) is 17.1. The van der Waals surface area contributed by atoms with E-state index in [9.17, 15) is 9.59 Å². The van der Waals surface area contributed by atoms with Gasteiger partial charge in [0.1, 0.15) is 5.75 Å². The highest BCUT2D eigenvalue weighted by Gasteiger charge is 2.30. The molecule has 6 heteroatoms. The van der Waals surface area contributed by atoms with E-state index < -0.39 is 12.1 Å². The van der Waals surface area contributed by atoms with Gasteiger partial charge in [-0.05, 0) is 32.4 Å². The van der Waals surface area contributed by atoms with Gasteiger partial charge < -0.3 is 19.6 Å². The molecule has 0 saturated heterocycles. The van der Waals surface area contributed by atoms with E-state index in [1.54, 1.807) is 11.8 Å². The lowest BCUT2D eigenvalue weighted by atomic mass is 10.1. The summed E-state index contributed by atoms with van der Waals surface area (Å²) in [6.07, 6.45) is 0.512. The predicted octanol–water partition coefficient (Wildman–Crippen LogP) is 2.51. The number of amides is 1. The molecule has 1 aliphatic heterocycles. The maximum atomic E-state index is 12.1. The van der Waals surface area contributed by atoms with Crippen LogP contribution in [0.3, 0.4) is 0 Å². The molecule has 0 spiro atoms. The molecule has 1 aromatic carbocycles. The largest absolute Gasteiger partial charge is 0.481 e. The van der Waals surface area contributed by atoms with E-state index in [1.165, 1.54) is 0 Å². The highest BCUT2D eigenvalue weighted by Crippen LogP contribution is 2.37. The smallest absolute Gasteiger partial charge is 0.305 e. The summed E-state index contributed by atoms with van der Waals surface area (Å²) >= 11 is 0. The molecule has 1 unspecified atom stereocenters. The zero-order valence-corrected chi connectivity index (χ0v) is 13.9. The van der Waals surface area contributed by atoms with Gasteiger partial charge in [0.25, 0.3) is 5.91 Å². The van der Waals surface area contributed by atoms with E-state index in [2.05, 4.69) is 6.92 Å². The van der Waals surface area contributed by atoms with E-state index in [4.69, 9.17) is 9.84 Å². The van der Waals surface area contributed by atoms with Crippen molar-refractivity contribution < 1.29 is 19.4 Å². The average molecular weight is 320 g/mol. The van der Waals surface area contributed by atoms with Crippen molar-refractivity contribution in [1.82, 2.24) is 0 Å². The van der Waals surface area contributed by atoms with Crippen molar-refractivity contribution in [3.63, 3.8) is 0 Å². The van der Waals surface area contributed by atoms with E-state index in [0.29, 0.717) is 18.8 Å². The van der Waals surface area contributed by atoms with E-state index in [1.807, 2.05) is 30.0 Å². The van der Waals surface area contributed by atoms with Crippen molar-refractivity contribution in [2.24, 2.45) is 0 Å². The summed E-state index contributed by atoms with van der Waals surface area (Å²) in [5, 5.41) is 8.90. The molecule has 1 aromatic rings. The maximum Gasteiger partial charge on any atom is 0.305 e. The topological polar surface area (TPSA) is 70.1 Å². The van der Waals surface area contributed by atoms with Gasteiger partial charge in [0, 0.05) is 31.4 Å².